The van der Waals surface area contributed by atoms with Crippen LogP contribution in [0.1, 0.15) is 31.4 Å². The number of nitrogens with zero attached hydrogens (tertiary/aromatic N) is 2. The summed E-state index contributed by atoms with van der Waals surface area (Å²) >= 11 is 0. The fourth-order valence-corrected chi connectivity index (χ4v) is 1.19. The summed E-state index contributed by atoms with van der Waals surface area (Å²) in [5, 5.41) is 3.08. The van der Waals surface area contributed by atoms with Gasteiger partial charge in [0.2, 0.25) is 5.78 Å². The first-order chi connectivity index (χ1) is 6.65. The van der Waals surface area contributed by atoms with Crippen LogP contribution in [-0.2, 0) is 6.54 Å². The largest absolute Gasteiger partial charge is 0.329 e. The van der Waals surface area contributed by atoms with Gasteiger partial charge in [-0.2, -0.15) is 0 Å². The van der Waals surface area contributed by atoms with Crippen LogP contribution in [0.25, 0.3) is 0 Å². The molecule has 78 valence electrons. The van der Waals surface area contributed by atoms with Crippen LogP contribution in [0.5, 0.6) is 0 Å². The second-order valence-corrected chi connectivity index (χ2v) is 3.50. The van der Waals surface area contributed by atoms with Gasteiger partial charge in [0.25, 0.3) is 0 Å². The maximum absolute atomic E-state index is 11.6. The van der Waals surface area contributed by atoms with E-state index in [2.05, 4.69) is 10.3 Å². The number of aryl methyl sites for hydroxylation is 1. The van der Waals surface area contributed by atoms with Crippen molar-refractivity contribution >= 4 is 5.78 Å². The molecule has 4 nitrogen and oxygen atoms in total. The molecule has 0 aliphatic rings. The van der Waals surface area contributed by atoms with Crippen LogP contribution >= 0.6 is 0 Å². The minimum atomic E-state index is 0.0468. The van der Waals surface area contributed by atoms with Gasteiger partial charge in [0.1, 0.15) is 0 Å². The Morgan fingerprint density at radius 2 is 2.36 bits per heavy atom. The fraction of sp³-hybridized carbons (Fsp3) is 0.600. The first kappa shape index (κ1) is 10.9. The van der Waals surface area contributed by atoms with E-state index >= 15 is 0 Å². The molecule has 0 aromatic carbocycles. The van der Waals surface area contributed by atoms with Gasteiger partial charge in [-0.05, 0) is 6.92 Å². The van der Waals surface area contributed by atoms with Crippen molar-refractivity contribution < 1.29 is 4.79 Å². The molecule has 1 rings (SSSR count). The molecule has 1 heterocycles. The number of carbonyl (C=O) groups is 1. The van der Waals surface area contributed by atoms with Crippen LogP contribution in [0.15, 0.2) is 12.4 Å². The molecule has 0 fully saturated rings. The maximum Gasteiger partial charge on any atom is 0.211 e. The molecule has 0 unspecified atom stereocenters. The molecular formula is C10H17N3O. The summed E-state index contributed by atoms with van der Waals surface area (Å²) in [6.07, 6.45) is 3.48. The molecule has 4 heteroatoms. The zero-order valence-electron chi connectivity index (χ0n) is 8.95. The SMILES string of the molecule is CCn1ccnc1C(=O)CNC(C)C. The predicted molar refractivity (Wildman–Crippen MR) is 55.4 cm³/mol. The number of rotatable bonds is 5. The first-order valence-electron chi connectivity index (χ1n) is 4.92. The van der Waals surface area contributed by atoms with E-state index in [1.807, 2.05) is 31.5 Å². The summed E-state index contributed by atoms with van der Waals surface area (Å²) in [7, 11) is 0. The normalized spacial score (nSPS) is 10.9. The Balaban J connectivity index is 2.60. The number of ketones is 1. The number of hydrogen-bond acceptors (Lipinski definition) is 3. The van der Waals surface area contributed by atoms with Crippen molar-refractivity contribution in [3.8, 4) is 0 Å². The average molecular weight is 195 g/mol. The highest BCUT2D eigenvalue weighted by molar-refractivity contribution is 5.94. The van der Waals surface area contributed by atoms with Gasteiger partial charge in [-0.1, -0.05) is 13.8 Å². The van der Waals surface area contributed by atoms with Crippen LogP contribution in [0.4, 0.5) is 0 Å². The van der Waals surface area contributed by atoms with Crippen LogP contribution in [0.2, 0.25) is 0 Å². The molecule has 0 amide bonds. The van der Waals surface area contributed by atoms with Crippen molar-refractivity contribution in [2.75, 3.05) is 6.54 Å². The average Bonchev–Trinajstić information content (AvgIpc) is 2.61. The van der Waals surface area contributed by atoms with Gasteiger partial charge in [0.15, 0.2) is 5.82 Å². The number of Topliss-reactive ketones (excluding diaryl/α,β-unsaturated/α-hetero) is 1. The van der Waals surface area contributed by atoms with Gasteiger partial charge >= 0.3 is 0 Å². The summed E-state index contributed by atoms with van der Waals surface area (Å²) in [6, 6.07) is 0.323. The third kappa shape index (κ3) is 2.67. The van der Waals surface area contributed by atoms with Gasteiger partial charge in [-0.15, -0.1) is 0 Å². The molecule has 14 heavy (non-hydrogen) atoms. The lowest BCUT2D eigenvalue weighted by Gasteiger charge is -2.07. The zero-order valence-corrected chi connectivity index (χ0v) is 8.95. The number of aromatic nitrogens is 2. The van der Waals surface area contributed by atoms with Crippen LogP contribution in [0, 0.1) is 0 Å². The first-order valence-corrected chi connectivity index (χ1v) is 4.92. The van der Waals surface area contributed by atoms with E-state index in [-0.39, 0.29) is 5.78 Å². The topological polar surface area (TPSA) is 46.9 Å². The zero-order chi connectivity index (χ0) is 10.6. The lowest BCUT2D eigenvalue weighted by Crippen LogP contribution is -2.30. The Hall–Kier alpha value is -1.16. The smallest absolute Gasteiger partial charge is 0.211 e. The highest BCUT2D eigenvalue weighted by Crippen LogP contribution is 1.98. The minimum Gasteiger partial charge on any atom is -0.329 e. The van der Waals surface area contributed by atoms with E-state index in [0.717, 1.165) is 6.54 Å². The van der Waals surface area contributed by atoms with Gasteiger partial charge in [-0.25, -0.2) is 4.98 Å². The molecule has 0 radical (unpaired) electrons. The molecule has 0 aliphatic heterocycles. The van der Waals surface area contributed by atoms with E-state index in [1.165, 1.54) is 0 Å². The van der Waals surface area contributed by atoms with E-state index in [9.17, 15) is 4.79 Å². The van der Waals surface area contributed by atoms with Crippen LogP contribution < -0.4 is 5.32 Å². The predicted octanol–water partition coefficient (Wildman–Crippen LogP) is 1.08. The summed E-state index contributed by atoms with van der Waals surface area (Å²) in [5.74, 6) is 0.589. The highest BCUT2D eigenvalue weighted by Gasteiger charge is 2.11. The van der Waals surface area contributed by atoms with Gasteiger partial charge in [-0.3, -0.25) is 4.79 Å². The van der Waals surface area contributed by atoms with Crippen LogP contribution in [-0.4, -0.2) is 27.9 Å². The summed E-state index contributed by atoms with van der Waals surface area (Å²) in [5.41, 5.74) is 0. The molecule has 0 spiro atoms. The van der Waals surface area contributed by atoms with Crippen molar-refractivity contribution in [3.63, 3.8) is 0 Å². The van der Waals surface area contributed by atoms with Gasteiger partial charge in [0, 0.05) is 25.0 Å². The molecule has 0 saturated carbocycles. The molecular weight excluding hydrogens is 178 g/mol. The highest BCUT2D eigenvalue weighted by atomic mass is 16.1. The summed E-state index contributed by atoms with van der Waals surface area (Å²) in [6.45, 7) is 7.16. The standard InChI is InChI=1S/C10H17N3O/c1-4-13-6-5-11-10(13)9(14)7-12-8(2)3/h5-6,8,12H,4,7H2,1-3H3. The van der Waals surface area contributed by atoms with E-state index < -0.39 is 0 Å². The molecule has 0 atom stereocenters. The second kappa shape index (κ2) is 4.91. The van der Waals surface area contributed by atoms with Crippen molar-refractivity contribution in [1.29, 1.82) is 0 Å². The fourth-order valence-electron chi connectivity index (χ4n) is 1.19. The Labute approximate surface area is 84.3 Å². The Morgan fingerprint density at radius 3 is 2.93 bits per heavy atom. The Kier molecular flexibility index (Phi) is 3.83. The lowest BCUT2D eigenvalue weighted by atomic mass is 10.3. The Bertz CT molecular complexity index is 304. The second-order valence-electron chi connectivity index (χ2n) is 3.50. The van der Waals surface area contributed by atoms with Crippen molar-refractivity contribution in [2.24, 2.45) is 0 Å². The lowest BCUT2D eigenvalue weighted by molar-refractivity contribution is 0.0974. The molecule has 0 saturated heterocycles. The van der Waals surface area contributed by atoms with Crippen molar-refractivity contribution in [2.45, 2.75) is 33.4 Å². The third-order valence-corrected chi connectivity index (χ3v) is 1.98. The van der Waals surface area contributed by atoms with Gasteiger partial charge in [0.05, 0.1) is 6.54 Å². The molecule has 0 aliphatic carbocycles. The van der Waals surface area contributed by atoms with E-state index in [4.69, 9.17) is 0 Å². The summed E-state index contributed by atoms with van der Waals surface area (Å²) in [4.78, 5) is 15.7. The maximum atomic E-state index is 11.6. The number of nitrogens with one attached hydrogen (secondary N) is 1. The van der Waals surface area contributed by atoms with E-state index in [0.29, 0.717) is 18.4 Å². The number of imidazole rings is 1. The third-order valence-electron chi connectivity index (χ3n) is 1.98. The minimum absolute atomic E-state index is 0.0468. The summed E-state index contributed by atoms with van der Waals surface area (Å²) < 4.78 is 1.85. The monoisotopic (exact) mass is 195 g/mol. The number of carbonyl (C=O) groups excluding carboxylic acids is 1. The van der Waals surface area contributed by atoms with Crippen molar-refractivity contribution in [1.82, 2.24) is 14.9 Å². The molecule has 1 N–H and O–H groups in total. The van der Waals surface area contributed by atoms with Crippen molar-refractivity contribution in [3.05, 3.63) is 18.2 Å². The van der Waals surface area contributed by atoms with E-state index in [1.54, 1.807) is 6.20 Å². The Morgan fingerprint density at radius 1 is 1.64 bits per heavy atom. The molecule has 0 bridgehead atoms. The van der Waals surface area contributed by atoms with Gasteiger partial charge < -0.3 is 9.88 Å². The number of hydrogen-bond donors (Lipinski definition) is 1. The molecule has 1 aromatic heterocycles. The quantitative estimate of drug-likeness (QED) is 0.715. The molecule has 1 aromatic rings. The van der Waals surface area contributed by atoms with Crippen LogP contribution in [0.3, 0.4) is 0 Å².